The zero-order chi connectivity index (χ0) is 13.3. The largest absolute Gasteiger partial charge is 0.481 e. The molecule has 0 unspecified atom stereocenters. The summed E-state index contributed by atoms with van der Waals surface area (Å²) >= 11 is 1.40. The molecule has 2 rings (SSSR count). The number of nitrogens with zero attached hydrogens (tertiary/aromatic N) is 1. The minimum atomic E-state index is -0.817. The lowest BCUT2D eigenvalue weighted by atomic mass is 9.96. The van der Waals surface area contributed by atoms with E-state index in [1.807, 2.05) is 13.8 Å². The summed E-state index contributed by atoms with van der Waals surface area (Å²) < 4.78 is 0. The molecule has 94 valence electrons. The highest BCUT2D eigenvalue weighted by molar-refractivity contribution is 7.10. The van der Waals surface area contributed by atoms with E-state index in [2.05, 4.69) is 24.0 Å². The van der Waals surface area contributed by atoms with Gasteiger partial charge in [-0.05, 0) is 31.9 Å². The van der Waals surface area contributed by atoms with Crippen LogP contribution in [0.15, 0.2) is 17.6 Å². The molecule has 2 aromatic rings. The van der Waals surface area contributed by atoms with Crippen molar-refractivity contribution in [1.29, 1.82) is 0 Å². The van der Waals surface area contributed by atoms with E-state index in [4.69, 9.17) is 5.11 Å². The Kier molecular flexibility index (Phi) is 3.48. The van der Waals surface area contributed by atoms with Crippen LogP contribution in [0.4, 0.5) is 0 Å². The third kappa shape index (κ3) is 2.43. The predicted octanol–water partition coefficient (Wildman–Crippen LogP) is 3.36. The first kappa shape index (κ1) is 12.8. The molecule has 0 spiro atoms. The van der Waals surface area contributed by atoms with Crippen molar-refractivity contribution in [2.75, 3.05) is 0 Å². The van der Waals surface area contributed by atoms with E-state index in [-0.39, 0.29) is 6.42 Å². The topological polar surface area (TPSA) is 50.2 Å². The summed E-state index contributed by atoms with van der Waals surface area (Å²) in [5.41, 5.74) is 7.10. The second kappa shape index (κ2) is 4.90. The third-order valence-corrected chi connectivity index (χ3v) is 3.70. The van der Waals surface area contributed by atoms with Crippen molar-refractivity contribution in [3.05, 3.63) is 39.2 Å². The van der Waals surface area contributed by atoms with Crippen LogP contribution >= 0.6 is 11.3 Å². The highest BCUT2D eigenvalue weighted by atomic mass is 32.1. The summed E-state index contributed by atoms with van der Waals surface area (Å²) in [6, 6.07) is 4.21. The van der Waals surface area contributed by atoms with E-state index >= 15 is 0 Å². The first-order chi connectivity index (χ1) is 8.49. The molecule has 1 heterocycles. The lowest BCUT2D eigenvalue weighted by Crippen LogP contribution is -2.01. The Morgan fingerprint density at radius 1 is 1.28 bits per heavy atom. The zero-order valence-corrected chi connectivity index (χ0v) is 11.5. The van der Waals surface area contributed by atoms with E-state index in [0.29, 0.717) is 0 Å². The Balaban J connectivity index is 2.56. The highest BCUT2D eigenvalue weighted by Crippen LogP contribution is 2.32. The summed E-state index contributed by atoms with van der Waals surface area (Å²) in [6.45, 7) is 6.14. The van der Waals surface area contributed by atoms with Gasteiger partial charge in [-0.1, -0.05) is 17.7 Å². The van der Waals surface area contributed by atoms with Crippen molar-refractivity contribution in [1.82, 2.24) is 4.98 Å². The number of carbonyl (C=O) groups is 1. The van der Waals surface area contributed by atoms with E-state index in [1.165, 1.54) is 16.9 Å². The fourth-order valence-electron chi connectivity index (χ4n) is 2.29. The standard InChI is InChI=1S/C14H15NO2S/c1-8-4-9(2)13(10(3)5-8)14-11(6-12(16)17)18-7-15-14/h4-5,7H,6H2,1-3H3,(H,16,17). The van der Waals surface area contributed by atoms with Crippen molar-refractivity contribution in [2.24, 2.45) is 0 Å². The number of hydrogen-bond acceptors (Lipinski definition) is 3. The normalized spacial score (nSPS) is 10.6. The molecule has 3 nitrogen and oxygen atoms in total. The maximum Gasteiger partial charge on any atom is 0.308 e. The smallest absolute Gasteiger partial charge is 0.308 e. The lowest BCUT2D eigenvalue weighted by molar-refractivity contribution is -0.136. The Bertz CT molecular complexity index is 579. The number of benzene rings is 1. The second-order valence-electron chi connectivity index (χ2n) is 4.47. The number of hydrogen-bond donors (Lipinski definition) is 1. The van der Waals surface area contributed by atoms with Gasteiger partial charge >= 0.3 is 5.97 Å². The lowest BCUT2D eigenvalue weighted by Gasteiger charge is -2.10. The number of carboxylic acids is 1. The number of thiazole rings is 1. The van der Waals surface area contributed by atoms with Crippen molar-refractivity contribution < 1.29 is 9.90 Å². The molecule has 0 bridgehead atoms. The van der Waals surface area contributed by atoms with Gasteiger partial charge in [-0.15, -0.1) is 11.3 Å². The van der Waals surface area contributed by atoms with Crippen LogP contribution in [-0.2, 0) is 11.2 Å². The quantitative estimate of drug-likeness (QED) is 0.921. The maximum absolute atomic E-state index is 10.9. The van der Waals surface area contributed by atoms with Crippen LogP contribution in [0.2, 0.25) is 0 Å². The van der Waals surface area contributed by atoms with E-state index in [0.717, 1.165) is 27.3 Å². The first-order valence-electron chi connectivity index (χ1n) is 5.71. The maximum atomic E-state index is 10.9. The van der Waals surface area contributed by atoms with E-state index in [1.54, 1.807) is 5.51 Å². The average molecular weight is 261 g/mol. The van der Waals surface area contributed by atoms with Crippen molar-refractivity contribution in [3.63, 3.8) is 0 Å². The van der Waals surface area contributed by atoms with Crippen LogP contribution in [-0.4, -0.2) is 16.1 Å². The van der Waals surface area contributed by atoms with Gasteiger partial charge in [0, 0.05) is 10.4 Å². The first-order valence-corrected chi connectivity index (χ1v) is 6.59. The molecule has 0 aliphatic heterocycles. The number of carboxylic acid groups (broad SMARTS) is 1. The minimum Gasteiger partial charge on any atom is -0.481 e. The molecule has 0 saturated heterocycles. The summed E-state index contributed by atoms with van der Waals surface area (Å²) in [7, 11) is 0. The van der Waals surface area contributed by atoms with Gasteiger partial charge in [-0.3, -0.25) is 4.79 Å². The molecule has 18 heavy (non-hydrogen) atoms. The Morgan fingerprint density at radius 3 is 2.44 bits per heavy atom. The summed E-state index contributed by atoms with van der Waals surface area (Å²) in [6.07, 6.45) is 0.0345. The molecular formula is C14H15NO2S. The van der Waals surface area contributed by atoms with Gasteiger partial charge in [0.25, 0.3) is 0 Å². The molecule has 1 aromatic heterocycles. The van der Waals surface area contributed by atoms with Gasteiger partial charge in [0.2, 0.25) is 0 Å². The molecule has 0 aliphatic rings. The van der Waals surface area contributed by atoms with Crippen molar-refractivity contribution in [3.8, 4) is 11.3 Å². The van der Waals surface area contributed by atoms with Crippen LogP contribution < -0.4 is 0 Å². The van der Waals surface area contributed by atoms with E-state index < -0.39 is 5.97 Å². The average Bonchev–Trinajstić information content (AvgIpc) is 2.63. The van der Waals surface area contributed by atoms with Gasteiger partial charge in [0.15, 0.2) is 0 Å². The molecular weight excluding hydrogens is 246 g/mol. The number of rotatable bonds is 3. The Labute approximate surface area is 110 Å². The van der Waals surface area contributed by atoms with Gasteiger partial charge in [-0.2, -0.15) is 0 Å². The molecule has 0 fully saturated rings. The van der Waals surface area contributed by atoms with Gasteiger partial charge in [0.1, 0.15) is 0 Å². The summed E-state index contributed by atoms with van der Waals surface area (Å²) in [5, 5.41) is 8.92. The van der Waals surface area contributed by atoms with Crippen molar-refractivity contribution >= 4 is 17.3 Å². The van der Waals surface area contributed by atoms with Crippen LogP contribution in [0.1, 0.15) is 21.6 Å². The third-order valence-electron chi connectivity index (χ3n) is 2.87. The molecule has 1 aromatic carbocycles. The molecule has 0 atom stereocenters. The van der Waals surface area contributed by atoms with Crippen LogP contribution in [0, 0.1) is 20.8 Å². The van der Waals surface area contributed by atoms with Crippen LogP contribution in [0.3, 0.4) is 0 Å². The molecule has 0 radical (unpaired) electrons. The van der Waals surface area contributed by atoms with Crippen LogP contribution in [0.5, 0.6) is 0 Å². The minimum absolute atomic E-state index is 0.0345. The van der Waals surface area contributed by atoms with Gasteiger partial charge in [0.05, 0.1) is 17.6 Å². The number of aliphatic carboxylic acids is 1. The predicted molar refractivity (Wildman–Crippen MR) is 73.1 cm³/mol. The summed E-state index contributed by atoms with van der Waals surface area (Å²) in [4.78, 5) is 16.0. The fourth-order valence-corrected chi connectivity index (χ4v) is 3.05. The van der Waals surface area contributed by atoms with Crippen LogP contribution in [0.25, 0.3) is 11.3 Å². The van der Waals surface area contributed by atoms with Gasteiger partial charge < -0.3 is 5.11 Å². The number of aromatic nitrogens is 1. The highest BCUT2D eigenvalue weighted by Gasteiger charge is 2.15. The van der Waals surface area contributed by atoms with Crippen molar-refractivity contribution in [2.45, 2.75) is 27.2 Å². The Morgan fingerprint density at radius 2 is 1.89 bits per heavy atom. The second-order valence-corrected chi connectivity index (χ2v) is 5.41. The molecule has 1 N–H and O–H groups in total. The molecule has 0 amide bonds. The molecule has 0 saturated carbocycles. The monoisotopic (exact) mass is 261 g/mol. The molecule has 4 heteroatoms. The Hall–Kier alpha value is -1.68. The molecule has 0 aliphatic carbocycles. The van der Waals surface area contributed by atoms with Gasteiger partial charge in [-0.25, -0.2) is 4.98 Å². The van der Waals surface area contributed by atoms with E-state index in [9.17, 15) is 4.79 Å². The summed E-state index contributed by atoms with van der Waals surface area (Å²) in [5.74, 6) is -0.817. The fraction of sp³-hybridized carbons (Fsp3) is 0.286. The number of aryl methyl sites for hydroxylation is 3. The SMILES string of the molecule is Cc1cc(C)c(-c2ncsc2CC(=O)O)c(C)c1. The zero-order valence-electron chi connectivity index (χ0n) is 10.7.